The van der Waals surface area contributed by atoms with Gasteiger partial charge in [-0.15, -0.1) is 0 Å². The zero-order chi connectivity index (χ0) is 18.6. The van der Waals surface area contributed by atoms with E-state index in [1.165, 1.54) is 7.11 Å². The number of hydrazine groups is 1. The van der Waals surface area contributed by atoms with Crippen LogP contribution < -0.4 is 20.3 Å². The van der Waals surface area contributed by atoms with E-state index in [-0.39, 0.29) is 5.91 Å². The second kappa shape index (κ2) is 7.47. The summed E-state index contributed by atoms with van der Waals surface area (Å²) in [5, 5.41) is 0. The van der Waals surface area contributed by atoms with Crippen molar-refractivity contribution in [2.75, 3.05) is 13.7 Å². The van der Waals surface area contributed by atoms with Crippen LogP contribution in [0.5, 0.6) is 11.5 Å². The maximum absolute atomic E-state index is 12.6. The van der Waals surface area contributed by atoms with E-state index in [0.29, 0.717) is 23.7 Å². The molecule has 0 bridgehead atoms. The molecule has 0 aliphatic heterocycles. The first-order valence-corrected chi connectivity index (χ1v) is 8.58. The molecule has 0 spiro atoms. The van der Waals surface area contributed by atoms with Crippen LogP contribution in [0, 0.1) is 0 Å². The Balaban J connectivity index is 1.65. The molecular weight excluding hydrogens is 332 g/mol. The van der Waals surface area contributed by atoms with Gasteiger partial charge in [-0.2, -0.15) is 0 Å². The van der Waals surface area contributed by atoms with Crippen molar-refractivity contribution in [3.05, 3.63) is 59.7 Å². The number of methoxy groups -OCH3 is 1. The summed E-state index contributed by atoms with van der Waals surface area (Å²) in [6.07, 6.45) is 1.55. The Bertz CT molecular complexity index is 801. The van der Waals surface area contributed by atoms with Crippen molar-refractivity contribution >= 4 is 11.8 Å². The van der Waals surface area contributed by atoms with Crippen molar-refractivity contribution in [2.24, 2.45) is 0 Å². The lowest BCUT2D eigenvalue weighted by atomic mass is 9.95. The van der Waals surface area contributed by atoms with Crippen LogP contribution in [-0.2, 0) is 10.2 Å². The number of hydrogen-bond acceptors (Lipinski definition) is 4. The van der Waals surface area contributed by atoms with E-state index in [2.05, 4.69) is 10.9 Å². The van der Waals surface area contributed by atoms with Gasteiger partial charge in [0.1, 0.15) is 0 Å². The number of ether oxygens (including phenoxy) is 2. The monoisotopic (exact) mass is 354 g/mol. The Hall–Kier alpha value is -3.02. The van der Waals surface area contributed by atoms with Crippen molar-refractivity contribution in [3.63, 3.8) is 0 Å². The molecule has 2 N–H and O–H groups in total. The zero-order valence-corrected chi connectivity index (χ0v) is 14.9. The lowest BCUT2D eigenvalue weighted by Gasteiger charge is -2.16. The minimum absolute atomic E-state index is 0.199. The molecule has 136 valence electrons. The van der Waals surface area contributed by atoms with Crippen LogP contribution in [0.2, 0.25) is 0 Å². The highest BCUT2D eigenvalue weighted by Crippen LogP contribution is 2.48. The predicted octanol–water partition coefficient (Wildman–Crippen LogP) is 2.59. The first-order chi connectivity index (χ1) is 12.6. The van der Waals surface area contributed by atoms with E-state index < -0.39 is 11.3 Å². The van der Waals surface area contributed by atoms with E-state index in [4.69, 9.17) is 9.47 Å². The van der Waals surface area contributed by atoms with Crippen LogP contribution in [0.1, 0.15) is 35.7 Å². The summed E-state index contributed by atoms with van der Waals surface area (Å²) in [5.41, 5.74) is 5.83. The highest BCUT2D eigenvalue weighted by atomic mass is 16.5. The molecule has 3 rings (SSSR count). The van der Waals surface area contributed by atoms with Gasteiger partial charge >= 0.3 is 0 Å². The van der Waals surface area contributed by atoms with Crippen molar-refractivity contribution < 1.29 is 19.1 Å². The highest BCUT2D eigenvalue weighted by Gasteiger charge is 2.51. The third kappa shape index (κ3) is 3.49. The smallest absolute Gasteiger partial charge is 0.269 e. The maximum atomic E-state index is 12.6. The number of hydrogen-bond donors (Lipinski definition) is 2. The topological polar surface area (TPSA) is 76.7 Å². The molecule has 2 amide bonds. The standard InChI is InChI=1S/C20H22N2O4/c1-3-26-16-10-9-14(13-17(16)25-2)18(23)21-22-19(24)20(11-12-20)15-7-5-4-6-8-15/h4-10,13H,3,11-12H2,1-2H3,(H,21,23)(H,22,24). The van der Waals surface area contributed by atoms with Crippen molar-refractivity contribution in [1.82, 2.24) is 10.9 Å². The SMILES string of the molecule is CCOc1ccc(C(=O)NNC(=O)C2(c3ccccc3)CC2)cc1OC. The number of carbonyl (C=O) groups excluding carboxylic acids is 2. The Labute approximate surface area is 152 Å². The van der Waals surface area contributed by atoms with Gasteiger partial charge in [-0.1, -0.05) is 30.3 Å². The van der Waals surface area contributed by atoms with Crippen molar-refractivity contribution in [3.8, 4) is 11.5 Å². The van der Waals surface area contributed by atoms with Crippen LogP contribution in [0.4, 0.5) is 0 Å². The molecule has 2 aromatic carbocycles. The lowest BCUT2D eigenvalue weighted by molar-refractivity contribution is -0.124. The van der Waals surface area contributed by atoms with Crippen LogP contribution >= 0.6 is 0 Å². The van der Waals surface area contributed by atoms with Gasteiger partial charge in [0, 0.05) is 5.56 Å². The molecule has 0 aromatic heterocycles. The fourth-order valence-electron chi connectivity index (χ4n) is 2.92. The minimum Gasteiger partial charge on any atom is -0.493 e. The van der Waals surface area contributed by atoms with Gasteiger partial charge < -0.3 is 9.47 Å². The molecule has 0 saturated heterocycles. The van der Waals surface area contributed by atoms with E-state index in [1.54, 1.807) is 18.2 Å². The average Bonchev–Trinajstić information content (AvgIpc) is 3.49. The summed E-state index contributed by atoms with van der Waals surface area (Å²) in [6, 6.07) is 14.5. The number of rotatable bonds is 6. The van der Waals surface area contributed by atoms with E-state index in [1.807, 2.05) is 37.3 Å². The summed E-state index contributed by atoms with van der Waals surface area (Å²) < 4.78 is 10.7. The molecular formula is C20H22N2O4. The second-order valence-corrected chi connectivity index (χ2v) is 6.16. The fraction of sp³-hybridized carbons (Fsp3) is 0.300. The Morgan fingerprint density at radius 1 is 1.04 bits per heavy atom. The summed E-state index contributed by atoms with van der Waals surface area (Å²) in [7, 11) is 1.51. The van der Waals surface area contributed by atoms with Crippen LogP contribution in [0.25, 0.3) is 0 Å². The number of amides is 2. The highest BCUT2D eigenvalue weighted by molar-refractivity contribution is 5.98. The van der Waals surface area contributed by atoms with Gasteiger partial charge in [-0.25, -0.2) is 0 Å². The second-order valence-electron chi connectivity index (χ2n) is 6.16. The molecule has 1 saturated carbocycles. The fourth-order valence-corrected chi connectivity index (χ4v) is 2.92. The Kier molecular flexibility index (Phi) is 5.11. The first kappa shape index (κ1) is 17.8. The Morgan fingerprint density at radius 2 is 1.77 bits per heavy atom. The molecule has 1 fully saturated rings. The van der Waals surface area contributed by atoms with Crippen molar-refractivity contribution in [2.45, 2.75) is 25.2 Å². The average molecular weight is 354 g/mol. The van der Waals surface area contributed by atoms with Gasteiger partial charge in [-0.05, 0) is 43.5 Å². The quantitative estimate of drug-likeness (QED) is 0.782. The third-order valence-corrected chi connectivity index (χ3v) is 4.53. The molecule has 0 radical (unpaired) electrons. The summed E-state index contributed by atoms with van der Waals surface area (Å²) in [5.74, 6) is 0.420. The van der Waals surface area contributed by atoms with Gasteiger partial charge in [-0.3, -0.25) is 20.4 Å². The molecule has 0 atom stereocenters. The molecule has 1 aliphatic carbocycles. The summed E-state index contributed by atoms with van der Waals surface area (Å²) >= 11 is 0. The molecule has 26 heavy (non-hydrogen) atoms. The largest absolute Gasteiger partial charge is 0.493 e. The molecule has 1 aliphatic rings. The third-order valence-electron chi connectivity index (χ3n) is 4.53. The van der Waals surface area contributed by atoms with E-state index in [0.717, 1.165) is 18.4 Å². The summed E-state index contributed by atoms with van der Waals surface area (Å²) in [4.78, 5) is 24.9. The first-order valence-electron chi connectivity index (χ1n) is 8.58. The van der Waals surface area contributed by atoms with Gasteiger partial charge in [0.25, 0.3) is 5.91 Å². The predicted molar refractivity (Wildman–Crippen MR) is 97.1 cm³/mol. The van der Waals surface area contributed by atoms with Gasteiger partial charge in [0.05, 0.1) is 19.1 Å². The molecule has 2 aromatic rings. The zero-order valence-electron chi connectivity index (χ0n) is 14.9. The van der Waals surface area contributed by atoms with Crippen molar-refractivity contribution in [1.29, 1.82) is 0 Å². The number of nitrogens with one attached hydrogen (secondary N) is 2. The van der Waals surface area contributed by atoms with Crippen LogP contribution in [-0.4, -0.2) is 25.5 Å². The molecule has 0 unspecified atom stereocenters. The van der Waals surface area contributed by atoms with Gasteiger partial charge in [0.15, 0.2) is 11.5 Å². The molecule has 0 heterocycles. The normalized spacial score (nSPS) is 14.2. The number of carbonyl (C=O) groups is 2. The molecule has 6 nitrogen and oxygen atoms in total. The number of benzene rings is 2. The van der Waals surface area contributed by atoms with E-state index >= 15 is 0 Å². The summed E-state index contributed by atoms with van der Waals surface area (Å²) in [6.45, 7) is 2.37. The van der Waals surface area contributed by atoms with Crippen LogP contribution in [0.15, 0.2) is 48.5 Å². The van der Waals surface area contributed by atoms with Crippen LogP contribution in [0.3, 0.4) is 0 Å². The maximum Gasteiger partial charge on any atom is 0.269 e. The Morgan fingerprint density at radius 3 is 2.38 bits per heavy atom. The van der Waals surface area contributed by atoms with Gasteiger partial charge in [0.2, 0.25) is 5.91 Å². The lowest BCUT2D eigenvalue weighted by Crippen LogP contribution is -2.46. The molecule has 6 heteroatoms. The minimum atomic E-state index is -0.537. The van der Waals surface area contributed by atoms with E-state index in [9.17, 15) is 9.59 Å².